The molecule has 0 saturated carbocycles. The van der Waals surface area contributed by atoms with E-state index in [2.05, 4.69) is 11.1 Å². The molecule has 1 aliphatic rings. The van der Waals surface area contributed by atoms with Crippen LogP contribution in [0.4, 0.5) is 0 Å². The molecule has 0 spiro atoms. The van der Waals surface area contributed by atoms with Gasteiger partial charge in [-0.25, -0.2) is 0 Å². The van der Waals surface area contributed by atoms with Crippen molar-refractivity contribution >= 4 is 0 Å². The third-order valence-electron chi connectivity index (χ3n) is 3.11. The summed E-state index contributed by atoms with van der Waals surface area (Å²) in [4.78, 5) is 4.40. The molecule has 1 aliphatic heterocycles. The van der Waals surface area contributed by atoms with Gasteiger partial charge >= 0.3 is 0 Å². The van der Waals surface area contributed by atoms with Crippen molar-refractivity contribution in [3.05, 3.63) is 66.9 Å². The summed E-state index contributed by atoms with van der Waals surface area (Å²) in [5.74, 6) is 2.72. The van der Waals surface area contributed by atoms with Crippen LogP contribution in [0.25, 0.3) is 11.3 Å². The zero-order chi connectivity index (χ0) is 17.4. The zero-order valence-electron chi connectivity index (χ0n) is 13.8. The number of hydrogen-bond donors (Lipinski definition) is 2. The molecule has 25 heavy (non-hydrogen) atoms. The van der Waals surface area contributed by atoms with Crippen molar-refractivity contribution in [2.75, 3.05) is 14.2 Å². The Kier molecular flexibility index (Phi) is 8.81. The number of rotatable bonds is 1. The smallest absolute Gasteiger partial charge is 0.170 e. The fourth-order valence-corrected chi connectivity index (χ4v) is 2.19. The largest absolute Gasteiger partial charge is 0.457 e. The van der Waals surface area contributed by atoms with Crippen molar-refractivity contribution in [3.8, 4) is 34.3 Å². The molecule has 0 saturated heterocycles. The molecule has 0 aliphatic carbocycles. The molecular weight excluding hydrogens is 498 g/mol. The number of nitrogens with zero attached hydrogens (tertiary/aromatic N) is 1. The van der Waals surface area contributed by atoms with Gasteiger partial charge in [-0.1, -0.05) is 12.1 Å². The predicted molar refractivity (Wildman–Crippen MR) is 91.4 cm³/mol. The van der Waals surface area contributed by atoms with E-state index in [4.69, 9.17) is 19.7 Å². The second kappa shape index (κ2) is 10.6. The maximum absolute atomic E-state index is 7.00. The molecule has 0 unspecified atom stereocenters. The predicted octanol–water partition coefficient (Wildman–Crippen LogP) is 3.66. The molecule has 0 fully saturated rings. The standard InChI is InChI=1S/C17H10NO2.2CH4O.Ir/c1-2-6-12(7-3-1)16-17-15(10-11-18-16)19-13-8-4-5-9-14(13)20-17;2*1-2;/h1-6,8-11H;2*2H,1H3;/q-1;;;. The van der Waals surface area contributed by atoms with E-state index in [9.17, 15) is 0 Å². The molecule has 2 aromatic carbocycles. The minimum Gasteiger partial charge on any atom is -0.457 e. The fraction of sp³-hybridized carbons (Fsp3) is 0.105. The van der Waals surface area contributed by atoms with E-state index in [1.165, 1.54) is 0 Å². The Morgan fingerprint density at radius 3 is 2.08 bits per heavy atom. The summed E-state index contributed by atoms with van der Waals surface area (Å²) in [6, 6.07) is 20.2. The molecule has 133 valence electrons. The van der Waals surface area contributed by atoms with E-state index in [-0.39, 0.29) is 20.1 Å². The van der Waals surface area contributed by atoms with E-state index in [1.807, 2.05) is 48.5 Å². The summed E-state index contributed by atoms with van der Waals surface area (Å²) in [5, 5.41) is 14.0. The summed E-state index contributed by atoms with van der Waals surface area (Å²) >= 11 is 0. The molecule has 4 rings (SSSR count). The number of fused-ring (bicyclic) bond motifs is 2. The molecule has 3 aromatic rings. The van der Waals surface area contributed by atoms with E-state index >= 15 is 0 Å². The summed E-state index contributed by atoms with van der Waals surface area (Å²) in [6.07, 6.45) is 1.71. The Balaban J connectivity index is 0.000000586. The summed E-state index contributed by atoms with van der Waals surface area (Å²) in [7, 11) is 2.00. The van der Waals surface area contributed by atoms with Gasteiger partial charge in [-0.05, 0) is 12.1 Å². The van der Waals surface area contributed by atoms with Crippen molar-refractivity contribution in [1.29, 1.82) is 0 Å². The summed E-state index contributed by atoms with van der Waals surface area (Å²) < 4.78 is 11.8. The second-order valence-corrected chi connectivity index (χ2v) is 4.41. The van der Waals surface area contributed by atoms with Gasteiger partial charge in [0, 0.05) is 52.3 Å². The maximum Gasteiger partial charge on any atom is 0.170 e. The number of pyridine rings is 1. The normalized spacial score (nSPS) is 9.92. The first kappa shape index (κ1) is 20.8. The van der Waals surface area contributed by atoms with Gasteiger partial charge in [0.2, 0.25) is 0 Å². The fourth-order valence-electron chi connectivity index (χ4n) is 2.19. The minimum atomic E-state index is 0. The van der Waals surface area contributed by atoms with Crippen LogP contribution in [0.2, 0.25) is 0 Å². The van der Waals surface area contributed by atoms with Gasteiger partial charge in [-0.2, -0.15) is 0 Å². The SMILES string of the molecule is CO.CO.[Ir].[c-]1ccccc1-c1nccc2c1Oc1ccccc1O2. The number of aliphatic hydroxyl groups is 2. The molecule has 5 nitrogen and oxygen atoms in total. The van der Waals surface area contributed by atoms with Gasteiger partial charge in [-0.3, -0.25) is 0 Å². The van der Waals surface area contributed by atoms with Crippen LogP contribution in [-0.4, -0.2) is 29.4 Å². The van der Waals surface area contributed by atoms with Gasteiger partial charge in [0.25, 0.3) is 0 Å². The van der Waals surface area contributed by atoms with Gasteiger partial charge in [0.15, 0.2) is 23.0 Å². The van der Waals surface area contributed by atoms with E-state index in [0.717, 1.165) is 25.5 Å². The van der Waals surface area contributed by atoms with E-state index in [0.29, 0.717) is 23.0 Å². The van der Waals surface area contributed by atoms with Crippen molar-refractivity contribution < 1.29 is 39.8 Å². The topological polar surface area (TPSA) is 71.8 Å². The zero-order valence-corrected chi connectivity index (χ0v) is 16.2. The number of aromatic nitrogens is 1. The van der Waals surface area contributed by atoms with Crippen LogP contribution in [0.5, 0.6) is 23.0 Å². The molecule has 1 radical (unpaired) electrons. The third-order valence-corrected chi connectivity index (χ3v) is 3.11. The van der Waals surface area contributed by atoms with Crippen molar-refractivity contribution in [2.45, 2.75) is 0 Å². The van der Waals surface area contributed by atoms with Crippen LogP contribution in [-0.2, 0) is 20.1 Å². The molecule has 2 heterocycles. The number of hydrogen-bond acceptors (Lipinski definition) is 5. The Morgan fingerprint density at radius 2 is 1.44 bits per heavy atom. The molecular formula is C19H18IrNO4-. The first-order chi connectivity index (χ1) is 11.9. The average Bonchev–Trinajstić information content (AvgIpc) is 2.69. The van der Waals surface area contributed by atoms with Gasteiger partial charge in [0.1, 0.15) is 0 Å². The average molecular weight is 517 g/mol. The van der Waals surface area contributed by atoms with Crippen LogP contribution in [0.15, 0.2) is 60.8 Å². The summed E-state index contributed by atoms with van der Waals surface area (Å²) in [5.41, 5.74) is 1.62. The second-order valence-electron chi connectivity index (χ2n) is 4.41. The quantitative estimate of drug-likeness (QED) is 0.378. The first-order valence-corrected chi connectivity index (χ1v) is 7.22. The number of para-hydroxylation sites is 2. The van der Waals surface area contributed by atoms with Gasteiger partial charge in [0.05, 0.1) is 0 Å². The number of ether oxygens (including phenoxy) is 2. The molecule has 6 heteroatoms. The minimum absolute atomic E-state index is 0. The van der Waals surface area contributed by atoms with Crippen molar-refractivity contribution in [2.24, 2.45) is 0 Å². The molecule has 0 amide bonds. The molecule has 2 N–H and O–H groups in total. The van der Waals surface area contributed by atoms with Crippen molar-refractivity contribution in [3.63, 3.8) is 0 Å². The van der Waals surface area contributed by atoms with Crippen LogP contribution in [0.3, 0.4) is 0 Å². The first-order valence-electron chi connectivity index (χ1n) is 7.22. The van der Waals surface area contributed by atoms with Crippen LogP contribution < -0.4 is 9.47 Å². The Labute approximate surface area is 160 Å². The Bertz CT molecular complexity index is 781. The summed E-state index contributed by atoms with van der Waals surface area (Å²) in [6.45, 7) is 0. The third kappa shape index (κ3) is 4.65. The van der Waals surface area contributed by atoms with Crippen LogP contribution in [0, 0.1) is 6.07 Å². The monoisotopic (exact) mass is 517 g/mol. The van der Waals surface area contributed by atoms with Crippen LogP contribution in [0.1, 0.15) is 0 Å². The Morgan fingerprint density at radius 1 is 0.800 bits per heavy atom. The number of benzene rings is 2. The maximum atomic E-state index is 7.00. The Hall–Kier alpha value is -2.24. The molecule has 0 atom stereocenters. The molecule has 0 bridgehead atoms. The van der Waals surface area contributed by atoms with Crippen molar-refractivity contribution in [1.82, 2.24) is 4.98 Å². The number of aliphatic hydroxyl groups excluding tert-OH is 2. The van der Waals surface area contributed by atoms with Gasteiger partial charge in [-0.15, -0.1) is 35.9 Å². The van der Waals surface area contributed by atoms with Crippen LogP contribution >= 0.6 is 0 Å². The molecule has 1 aromatic heterocycles. The van der Waals surface area contributed by atoms with E-state index < -0.39 is 0 Å². The van der Waals surface area contributed by atoms with Gasteiger partial charge < -0.3 is 24.7 Å². The van der Waals surface area contributed by atoms with E-state index in [1.54, 1.807) is 12.3 Å².